The van der Waals surface area contributed by atoms with Crippen LogP contribution >= 0.6 is 0 Å². The highest BCUT2D eigenvalue weighted by atomic mass is 16.3. The third-order valence-corrected chi connectivity index (χ3v) is 4.17. The van der Waals surface area contributed by atoms with E-state index >= 15 is 0 Å². The zero-order valence-corrected chi connectivity index (χ0v) is 13.9. The molecule has 0 saturated heterocycles. The number of nitrogens with one attached hydrogen (secondary N) is 1. The van der Waals surface area contributed by atoms with Crippen LogP contribution in [-0.4, -0.2) is 29.9 Å². The average molecular weight is 335 g/mol. The quantitative estimate of drug-likeness (QED) is 0.912. The van der Waals surface area contributed by atoms with Gasteiger partial charge < -0.3 is 19.1 Å². The van der Waals surface area contributed by atoms with Crippen LogP contribution in [-0.2, 0) is 6.42 Å². The van der Waals surface area contributed by atoms with Crippen molar-refractivity contribution in [3.63, 3.8) is 0 Å². The molecule has 6 heteroatoms. The summed E-state index contributed by atoms with van der Waals surface area (Å²) in [4.78, 5) is 18.1. The lowest BCUT2D eigenvalue weighted by atomic mass is 10.0. The van der Waals surface area contributed by atoms with E-state index in [2.05, 4.69) is 21.3 Å². The molecule has 25 heavy (non-hydrogen) atoms. The second kappa shape index (κ2) is 5.98. The summed E-state index contributed by atoms with van der Waals surface area (Å²) in [6.45, 7) is 0. The maximum Gasteiger partial charge on any atom is 0.311 e. The number of allylic oxidation sites excluding steroid dienone is 4. The van der Waals surface area contributed by atoms with Gasteiger partial charge in [0.05, 0.1) is 6.20 Å². The molecular formula is C19H17N3O3. The van der Waals surface area contributed by atoms with Gasteiger partial charge in [0.1, 0.15) is 17.1 Å². The highest BCUT2D eigenvalue weighted by molar-refractivity contribution is 5.92. The number of carbonyl (C=O) groups excluding carboxylic acids is 1. The molecule has 0 unspecified atom stereocenters. The Morgan fingerprint density at radius 2 is 2.12 bits per heavy atom. The molecular weight excluding hydrogens is 318 g/mol. The smallest absolute Gasteiger partial charge is 0.311 e. The van der Waals surface area contributed by atoms with Gasteiger partial charge in [-0.3, -0.25) is 4.79 Å². The maximum absolute atomic E-state index is 12.2. The molecule has 0 fully saturated rings. The average Bonchev–Trinajstić information content (AvgIpc) is 3.19. The third kappa shape index (κ3) is 2.82. The van der Waals surface area contributed by atoms with E-state index in [1.54, 1.807) is 0 Å². The molecule has 0 saturated carbocycles. The van der Waals surface area contributed by atoms with Crippen LogP contribution in [0.3, 0.4) is 0 Å². The number of rotatable bonds is 3. The zero-order chi connectivity index (χ0) is 17.4. The fourth-order valence-electron chi connectivity index (χ4n) is 2.88. The minimum atomic E-state index is -0.387. The number of hydrogen-bond donors (Lipinski definition) is 1. The number of hydrogen-bond acceptors (Lipinski definition) is 5. The van der Waals surface area contributed by atoms with Crippen LogP contribution in [0.15, 0.2) is 50.9 Å². The lowest BCUT2D eigenvalue weighted by molar-refractivity contribution is 0.0933. The number of oxazole rings is 1. The standard InChI is InChI=1S/C19H17N3O3/c1-22(2)13-6-7-17-15(11-13)14-10-12(4-3-5-16(14)25-17)21-18(23)19-20-8-9-24-19/h3-10H,11H2,1-2H3,(H,21,23). The monoisotopic (exact) mass is 335 g/mol. The molecule has 0 bridgehead atoms. The van der Waals surface area contributed by atoms with Gasteiger partial charge in [0.25, 0.3) is 5.89 Å². The molecule has 2 heterocycles. The molecule has 2 aromatic rings. The first kappa shape index (κ1) is 15.3. The summed E-state index contributed by atoms with van der Waals surface area (Å²) in [6.07, 6.45) is 15.1. The molecule has 2 aliphatic carbocycles. The summed E-state index contributed by atoms with van der Waals surface area (Å²) in [5.74, 6) is -0.356. The molecule has 2 aliphatic rings. The van der Waals surface area contributed by atoms with E-state index < -0.39 is 0 Å². The largest absolute Gasteiger partial charge is 0.456 e. The van der Waals surface area contributed by atoms with Gasteiger partial charge in [-0.2, -0.15) is 0 Å². The number of nitrogens with zero attached hydrogens (tertiary/aromatic N) is 2. The van der Waals surface area contributed by atoms with Crippen molar-refractivity contribution in [3.05, 3.63) is 69.9 Å². The SMILES string of the molecule is CN(C)C1=CC=c2oc3c(c2C1)C=C(NC(=O)c1ncco1)C=CC=3. The van der Waals surface area contributed by atoms with Crippen LogP contribution in [0.25, 0.3) is 18.2 Å². The van der Waals surface area contributed by atoms with Crippen LogP contribution < -0.4 is 16.1 Å². The third-order valence-electron chi connectivity index (χ3n) is 4.17. The van der Waals surface area contributed by atoms with Crippen molar-refractivity contribution >= 4 is 24.1 Å². The van der Waals surface area contributed by atoms with Crippen molar-refractivity contribution in [2.75, 3.05) is 14.1 Å². The van der Waals surface area contributed by atoms with Crippen molar-refractivity contribution in [1.82, 2.24) is 15.2 Å². The number of carbonyl (C=O) groups is 1. The molecule has 1 N–H and O–H groups in total. The molecule has 4 rings (SSSR count). The van der Waals surface area contributed by atoms with E-state index in [0.29, 0.717) is 5.70 Å². The van der Waals surface area contributed by atoms with E-state index in [-0.39, 0.29) is 11.8 Å². The zero-order valence-electron chi connectivity index (χ0n) is 13.9. The van der Waals surface area contributed by atoms with Gasteiger partial charge in [0.15, 0.2) is 0 Å². The van der Waals surface area contributed by atoms with Gasteiger partial charge in [-0.25, -0.2) is 4.98 Å². The Morgan fingerprint density at radius 1 is 1.24 bits per heavy atom. The summed E-state index contributed by atoms with van der Waals surface area (Å²) in [5.41, 5.74) is 5.59. The first-order valence-electron chi connectivity index (χ1n) is 7.92. The fourth-order valence-corrected chi connectivity index (χ4v) is 2.88. The van der Waals surface area contributed by atoms with E-state index in [0.717, 1.165) is 28.4 Å². The topological polar surface area (TPSA) is 71.5 Å². The van der Waals surface area contributed by atoms with E-state index in [1.165, 1.54) is 18.2 Å². The molecule has 0 atom stereocenters. The van der Waals surface area contributed by atoms with E-state index in [1.807, 2.05) is 44.5 Å². The molecule has 1 amide bonds. The Morgan fingerprint density at radius 3 is 2.88 bits per heavy atom. The van der Waals surface area contributed by atoms with Gasteiger partial charge in [0, 0.05) is 43.0 Å². The molecule has 0 aromatic carbocycles. The van der Waals surface area contributed by atoms with Crippen LogP contribution in [0.4, 0.5) is 0 Å². The predicted octanol–water partition coefficient (Wildman–Crippen LogP) is 1.17. The van der Waals surface area contributed by atoms with Crippen molar-refractivity contribution < 1.29 is 13.6 Å². The molecule has 6 nitrogen and oxygen atoms in total. The maximum atomic E-state index is 12.2. The van der Waals surface area contributed by atoms with Gasteiger partial charge >= 0.3 is 5.91 Å². The van der Waals surface area contributed by atoms with Gasteiger partial charge in [-0.1, -0.05) is 6.08 Å². The second-order valence-corrected chi connectivity index (χ2v) is 6.04. The first-order chi connectivity index (χ1) is 12.1. The summed E-state index contributed by atoms with van der Waals surface area (Å²) < 4.78 is 11.0. The Balaban J connectivity index is 1.70. The Bertz CT molecular complexity index is 1030. The lowest BCUT2D eigenvalue weighted by Crippen LogP contribution is -2.22. The normalized spacial score (nSPS) is 15.0. The molecule has 126 valence electrons. The summed E-state index contributed by atoms with van der Waals surface area (Å²) >= 11 is 0. The molecule has 0 aliphatic heterocycles. The number of furan rings is 1. The van der Waals surface area contributed by atoms with Crippen LogP contribution in [0.1, 0.15) is 21.8 Å². The minimum Gasteiger partial charge on any atom is -0.456 e. The van der Waals surface area contributed by atoms with Crippen molar-refractivity contribution in [2.45, 2.75) is 6.42 Å². The number of likely N-dealkylation sites (N-methyl/N-ethyl adjacent to an activating group) is 1. The van der Waals surface area contributed by atoms with Crippen LogP contribution in [0.2, 0.25) is 0 Å². The summed E-state index contributed by atoms with van der Waals surface area (Å²) in [7, 11) is 4.05. The predicted molar refractivity (Wildman–Crippen MR) is 93.4 cm³/mol. The molecule has 0 spiro atoms. The summed E-state index contributed by atoms with van der Waals surface area (Å²) in [5, 5.41) is 2.81. The van der Waals surface area contributed by atoms with Gasteiger partial charge in [0.2, 0.25) is 0 Å². The van der Waals surface area contributed by atoms with Gasteiger partial charge in [-0.05, 0) is 30.4 Å². The van der Waals surface area contributed by atoms with Crippen molar-refractivity contribution in [3.8, 4) is 0 Å². The summed E-state index contributed by atoms with van der Waals surface area (Å²) in [6, 6.07) is 0. The van der Waals surface area contributed by atoms with Gasteiger partial charge in [-0.15, -0.1) is 0 Å². The Kier molecular flexibility index (Phi) is 3.65. The van der Waals surface area contributed by atoms with E-state index in [4.69, 9.17) is 8.83 Å². The van der Waals surface area contributed by atoms with Crippen LogP contribution in [0.5, 0.6) is 0 Å². The lowest BCUT2D eigenvalue weighted by Gasteiger charge is -2.18. The Labute approximate surface area is 144 Å². The minimum absolute atomic E-state index is 0.0307. The molecule has 2 aromatic heterocycles. The van der Waals surface area contributed by atoms with Crippen LogP contribution in [0, 0.1) is 0 Å². The highest BCUT2D eigenvalue weighted by Gasteiger charge is 2.18. The van der Waals surface area contributed by atoms with Crippen molar-refractivity contribution in [1.29, 1.82) is 0 Å². The van der Waals surface area contributed by atoms with E-state index in [9.17, 15) is 4.79 Å². The number of fused-ring (bicyclic) bond motifs is 3. The molecule has 0 radical (unpaired) electrons. The van der Waals surface area contributed by atoms with Crippen molar-refractivity contribution in [2.24, 2.45) is 0 Å². The number of aromatic nitrogens is 1. The highest BCUT2D eigenvalue weighted by Crippen LogP contribution is 2.17. The first-order valence-corrected chi connectivity index (χ1v) is 7.92. The number of amides is 1. The fraction of sp³-hybridized carbons (Fsp3) is 0.158. The Hall–Kier alpha value is -3.28. The second-order valence-electron chi connectivity index (χ2n) is 6.04.